The molecule has 0 bridgehead atoms. The maximum absolute atomic E-state index is 16.2. The Morgan fingerprint density at radius 1 is 0.432 bits per heavy atom. The number of anilines is 1. The molecule has 11 heterocycles. The van der Waals surface area contributed by atoms with Gasteiger partial charge < -0.3 is 68.4 Å². The van der Waals surface area contributed by atoms with Crippen LogP contribution in [0.2, 0.25) is 0 Å². The minimum atomic E-state index is -2.50. The number of nitrogens with zero attached hydrogens (tertiary/aromatic N) is 26. The number of benzene rings is 5. The zero-order valence-corrected chi connectivity index (χ0v) is 79.5. The highest BCUT2D eigenvalue weighted by molar-refractivity contribution is 14.1. The minimum Gasteiger partial charge on any atom is -0.459 e. The molecule has 8 aliphatic heterocycles. The number of carbonyl (C=O) groups excluding carboxylic acids is 11. The van der Waals surface area contributed by atoms with Gasteiger partial charge in [0.2, 0.25) is 34.9 Å². The van der Waals surface area contributed by atoms with E-state index in [2.05, 4.69) is 75.6 Å². The monoisotopic (exact) mass is 2250 g/mol. The number of hydrogen-bond acceptors (Lipinski definition) is 37. The minimum absolute atomic E-state index is 0.0335. The number of ether oxygens (including phenoxy) is 10. The number of carbonyl (C=O) groups is 11. The van der Waals surface area contributed by atoms with Crippen molar-refractivity contribution in [1.82, 2.24) is 54.0 Å². The Kier molecular flexibility index (Phi) is 37.7. The summed E-state index contributed by atoms with van der Waals surface area (Å²) in [5.74, 6) is -7.70. The van der Waals surface area contributed by atoms with Crippen molar-refractivity contribution in [1.29, 1.82) is 0 Å². The molecule has 146 heavy (non-hydrogen) atoms. The van der Waals surface area contributed by atoms with Crippen LogP contribution in [-0.4, -0.2) is 272 Å². The van der Waals surface area contributed by atoms with Crippen molar-refractivity contribution in [3.63, 3.8) is 0 Å². The number of azide groups is 5. The van der Waals surface area contributed by atoms with E-state index in [1.807, 2.05) is 13.8 Å². The van der Waals surface area contributed by atoms with Gasteiger partial charge in [0.25, 0.3) is 0 Å². The van der Waals surface area contributed by atoms with E-state index in [0.29, 0.717) is 0 Å². The third kappa shape index (κ3) is 24.9. The van der Waals surface area contributed by atoms with Crippen LogP contribution in [0.3, 0.4) is 0 Å². The summed E-state index contributed by atoms with van der Waals surface area (Å²) < 4.78 is 132. The average molecular weight is 2250 g/mol. The molecule has 8 aliphatic rings. The number of tetrazole rings is 1. The topological polar surface area (TPSA) is 734 Å². The van der Waals surface area contributed by atoms with Crippen LogP contribution in [0.1, 0.15) is 97.4 Å². The normalized spacial score (nSPS) is 27.5. The van der Waals surface area contributed by atoms with Crippen molar-refractivity contribution in [2.45, 2.75) is 154 Å². The number of nitrogens with two attached hydrogens (primary N) is 1. The molecule has 16 rings (SSSR count). The van der Waals surface area contributed by atoms with E-state index in [1.54, 1.807) is 136 Å². The number of aromatic nitrogens is 8. The molecule has 0 radical (unpaired) electrons. The Balaban J connectivity index is 0.000000177. The van der Waals surface area contributed by atoms with Crippen LogP contribution in [-0.2, 0) is 76.1 Å². The van der Waals surface area contributed by atoms with Gasteiger partial charge in [-0.25, -0.2) is 55.5 Å². The van der Waals surface area contributed by atoms with Gasteiger partial charge in [-0.1, -0.05) is 176 Å². The second kappa shape index (κ2) is 49.8. The molecule has 0 spiro atoms. The second-order valence-corrected chi connectivity index (χ2v) is 32.3. The summed E-state index contributed by atoms with van der Waals surface area (Å²) in [6.45, 7) is 1.22. The molecule has 8 aromatic rings. The highest BCUT2D eigenvalue weighted by Gasteiger charge is 2.65. The molecule has 5 N–H and O–H groups in total. The number of allylic oxidation sites excluding steroid dienone is 3. The maximum Gasteiger partial charge on any atom is 0.351 e. The van der Waals surface area contributed by atoms with Crippen LogP contribution < -0.4 is 17.1 Å². The SMILES string of the molecule is CC.[N-]=[N+]=N[C@]1(CI)O[C@@H](N2C=CC(=O)CC2=O)[C@H](O)[C@@H]1F.[N-]=[N+]=N[C@]1(CI)O[C@@H](N2C=CC(=O)CC2=O)[C@H](OC(=O)c2ccccc2)[C@@H]1F.[N-]=[N+]=N[C@]1(CO)O[C@@H](n2ccc(N)nc2=O)[C@H](O)[C@@H]1F.[N-]=[N+]=N[C@]1(COC(=O)c2ccccc2)O[C@@H](N2C=CC(=O)CC2=O)[C@H](OC(=O)c2ccccc2)[C@@H]1F.[N-]=[N+]=N[C@]1(COC(=O)c2ccccc2)O[C@@H](n2ccc(-n3cnnn3)nc2=O)[C@H](OC(=O)c2ccccc2)[C@@H]1F. The van der Waals surface area contributed by atoms with Crippen molar-refractivity contribution < 1.29 is 137 Å². The molecule has 60 heteroatoms. The lowest BCUT2D eigenvalue weighted by Gasteiger charge is -2.30. The fraction of sp³-hybridized carbons (Fsp3) is 0.349. The van der Waals surface area contributed by atoms with Gasteiger partial charge in [-0.15, -0.1) is 5.10 Å². The number of nitrogen functional groups attached to an aromatic ring is 1. The number of amides is 3. The lowest BCUT2D eigenvalue weighted by molar-refractivity contribution is -0.159. The molecule has 0 aliphatic carbocycles. The summed E-state index contributed by atoms with van der Waals surface area (Å²) in [6, 6.07) is 41.5. The summed E-state index contributed by atoms with van der Waals surface area (Å²) in [5.41, 5.74) is 37.2. The molecule has 5 saturated heterocycles. The van der Waals surface area contributed by atoms with Crippen molar-refractivity contribution >= 4 is 116 Å². The largest absolute Gasteiger partial charge is 0.459 e. The first-order valence-electron chi connectivity index (χ1n) is 42.5. The summed E-state index contributed by atoms with van der Waals surface area (Å²) in [5, 5.41) is 56.0. The molecular weight excluding hydrogens is 2180 g/mol. The van der Waals surface area contributed by atoms with E-state index in [0.717, 1.165) is 71.5 Å². The number of esters is 5. The van der Waals surface area contributed by atoms with Crippen molar-refractivity contribution in [2.24, 2.45) is 25.6 Å². The molecule has 3 aromatic heterocycles. The number of aliphatic hydroxyl groups is 3. The van der Waals surface area contributed by atoms with E-state index in [-0.39, 0.29) is 60.5 Å². The Bertz CT molecular complexity index is 6630. The van der Waals surface area contributed by atoms with E-state index in [1.165, 1.54) is 85.3 Å². The first-order valence-corrected chi connectivity index (χ1v) is 45.6. The smallest absolute Gasteiger partial charge is 0.351 e. The fourth-order valence-electron chi connectivity index (χ4n) is 14.5. The summed E-state index contributed by atoms with van der Waals surface area (Å²) in [7, 11) is 0. The van der Waals surface area contributed by atoms with E-state index >= 15 is 13.2 Å². The zero-order chi connectivity index (χ0) is 106. The molecule has 762 valence electrons. The second-order valence-electron chi connectivity index (χ2n) is 30.8. The summed E-state index contributed by atoms with van der Waals surface area (Å²) in [4.78, 5) is 181. The Morgan fingerprint density at radius 3 is 1.10 bits per heavy atom. The molecule has 0 saturated carbocycles. The molecule has 0 unspecified atom stereocenters. The molecule has 53 nitrogen and oxygen atoms in total. The first-order chi connectivity index (χ1) is 70.1. The standard InChI is InChI=1S/C24H18FN9O6.C24H19FN4O7.C17H14FIN4O5.C10H10FIN4O4.C9H11FN6O4.C2H6/c25-19-18(39-22(36)16-9-5-2-6-10-16)20(33-12-11-17(28-23(33)37)34-14-27-31-32-34)40-24(19,29-30-26)13-38-21(35)15-7-3-1-4-8-15;25-20-19(35-23(33)16-9-5-2-6-10-16)21(29-12-11-17(30)13-18(29)31)36-24(20,27-28-26)14-34-22(32)15-7-3-1-4-8-15;18-14-13(27-16(26)10-4-2-1-3-5-10)15(28-17(14,9-19)21-22-20)23-7-6-11(24)8-12(23)25;11-8-7(19)9(20-10(8,4-12)14-15-13)16-2-1-5(17)3-6(16)18;10-6-5(18)7(20-9(6,3-17)14-15-12)16-2-1-4(11)13-8(16)19;1-2/h1-12,14,18-20H,13H2;1-12,19-21H,13-14H2;1-7,13-15H,8-9H2;1-2,7-9,19H,3-4H2;1-2,5-7,17-18H,3H2,(H2,11,13,19);1-2H3/t18-,19+,20-,24-;19-,20+,21-,24-;13-,14+,15-,17-;7-,8+,9-,10-;5-,6+,7-,9-;/m11111./s1. The van der Waals surface area contributed by atoms with Crippen LogP contribution in [0.5, 0.6) is 0 Å². The fourth-order valence-corrected chi connectivity index (χ4v) is 16.0. The lowest BCUT2D eigenvalue weighted by Crippen LogP contribution is -2.47. The molecule has 5 fully saturated rings. The Hall–Kier alpha value is -15.9. The number of halogens is 7. The molecule has 5 aromatic carbocycles. The van der Waals surface area contributed by atoms with Crippen LogP contribution in [0.15, 0.2) is 255 Å². The van der Waals surface area contributed by atoms with Gasteiger partial charge in [-0.3, -0.25) is 52.6 Å². The third-order valence-electron chi connectivity index (χ3n) is 21.7. The van der Waals surface area contributed by atoms with Crippen molar-refractivity contribution in [3.05, 3.63) is 320 Å². The maximum atomic E-state index is 16.2. The van der Waals surface area contributed by atoms with E-state index in [9.17, 15) is 86.9 Å². The molecular formula is C86H78F5I2N27O26. The predicted octanol–water partition coefficient (Wildman–Crippen LogP) is 8.80. The van der Waals surface area contributed by atoms with Gasteiger partial charge in [0.15, 0.2) is 115 Å². The van der Waals surface area contributed by atoms with Crippen molar-refractivity contribution in [3.8, 4) is 5.82 Å². The lowest BCUT2D eigenvalue weighted by atomic mass is 10.1. The molecule has 3 amide bonds. The first kappa shape index (κ1) is 110. The van der Waals surface area contributed by atoms with Gasteiger partial charge in [0.1, 0.15) is 37.6 Å². The predicted molar refractivity (Wildman–Crippen MR) is 498 cm³/mol. The Labute approximate surface area is 842 Å². The third-order valence-corrected chi connectivity index (χ3v) is 23.9. The van der Waals surface area contributed by atoms with Crippen LogP contribution in [0, 0.1) is 0 Å². The summed E-state index contributed by atoms with van der Waals surface area (Å²) >= 11 is 3.54. The quantitative estimate of drug-likeness (QED) is 0.00452. The van der Waals surface area contributed by atoms with Gasteiger partial charge in [0.05, 0.1) is 53.7 Å². The summed E-state index contributed by atoms with van der Waals surface area (Å²) in [6.07, 6.45) is -18.2. The highest BCUT2D eigenvalue weighted by atomic mass is 127. The van der Waals surface area contributed by atoms with Crippen LogP contribution >= 0.6 is 45.2 Å². The number of ketones is 3. The number of hydrogen-bond donors (Lipinski definition) is 4. The molecule has 20 atom stereocenters. The Morgan fingerprint density at radius 2 is 0.740 bits per heavy atom. The van der Waals surface area contributed by atoms with Crippen LogP contribution in [0.25, 0.3) is 58.0 Å². The van der Waals surface area contributed by atoms with Gasteiger partial charge >= 0.3 is 41.2 Å². The van der Waals surface area contributed by atoms with Crippen LogP contribution in [0.4, 0.5) is 27.8 Å². The van der Waals surface area contributed by atoms with E-state index in [4.69, 9.17) is 80.3 Å². The van der Waals surface area contributed by atoms with Gasteiger partial charge in [-0.2, -0.15) is 14.6 Å². The van der Waals surface area contributed by atoms with E-state index < -0.39 is 224 Å². The van der Waals surface area contributed by atoms with Crippen molar-refractivity contribution in [2.75, 3.05) is 34.4 Å². The number of alkyl halides is 7. The average Bonchev–Trinajstić information content (AvgIpc) is 1.61. The van der Waals surface area contributed by atoms with Gasteiger partial charge in [0, 0.05) is 64.4 Å². The number of rotatable bonds is 26. The zero-order valence-electron chi connectivity index (χ0n) is 75.2. The van der Waals surface area contributed by atoms with Gasteiger partial charge in [-0.05, 0) is 129 Å². The number of aliphatic hydroxyl groups excluding tert-OH is 3. The highest BCUT2D eigenvalue weighted by Crippen LogP contribution is 2.47.